The quantitative estimate of drug-likeness (QED) is 0.855. The minimum atomic E-state index is -3.39. The number of imidazole rings is 1. The molecule has 1 N–H and O–H groups in total. The fraction of sp³-hybridized carbons (Fsp3) is 0.667. The highest BCUT2D eigenvalue weighted by atomic mass is 79.9. The van der Waals surface area contributed by atoms with Crippen LogP contribution in [0.5, 0.6) is 0 Å². The van der Waals surface area contributed by atoms with Crippen molar-refractivity contribution in [2.45, 2.75) is 30.8 Å². The number of H-pyrrole nitrogens is 1. The first-order chi connectivity index (χ1) is 7.55. The van der Waals surface area contributed by atoms with Crippen LogP contribution in [0, 0.1) is 6.92 Å². The fourth-order valence-corrected chi connectivity index (χ4v) is 4.46. The molecule has 1 aliphatic rings. The van der Waals surface area contributed by atoms with Gasteiger partial charge in [0.1, 0.15) is 5.82 Å². The molecular weight excluding hydrogens is 294 g/mol. The third kappa shape index (κ3) is 2.03. The molecule has 5 nitrogen and oxygen atoms in total. The minimum absolute atomic E-state index is 0.0635. The zero-order chi connectivity index (χ0) is 11.8. The van der Waals surface area contributed by atoms with Gasteiger partial charge in [0.15, 0.2) is 5.03 Å². The first-order valence-electron chi connectivity index (χ1n) is 5.15. The molecule has 0 aromatic carbocycles. The van der Waals surface area contributed by atoms with E-state index in [0.717, 1.165) is 12.8 Å². The predicted molar refractivity (Wildman–Crippen MR) is 64.0 cm³/mol. The summed E-state index contributed by atoms with van der Waals surface area (Å²) in [7, 11) is -3.39. The van der Waals surface area contributed by atoms with Crippen molar-refractivity contribution >= 4 is 26.0 Å². The van der Waals surface area contributed by atoms with Crippen molar-refractivity contribution in [2.24, 2.45) is 0 Å². The number of aromatic nitrogens is 2. The highest BCUT2D eigenvalue weighted by molar-refractivity contribution is 9.09. The SMILES string of the molecule is Cc1ncc(S(=O)(=O)N2CCCC2CBr)[nH]1. The summed E-state index contributed by atoms with van der Waals surface area (Å²) in [5.41, 5.74) is 0. The lowest BCUT2D eigenvalue weighted by Gasteiger charge is -2.21. The maximum absolute atomic E-state index is 12.3. The van der Waals surface area contributed by atoms with Crippen molar-refractivity contribution in [1.29, 1.82) is 0 Å². The van der Waals surface area contributed by atoms with Gasteiger partial charge in [0, 0.05) is 17.9 Å². The summed E-state index contributed by atoms with van der Waals surface area (Å²) >= 11 is 3.35. The standard InChI is InChI=1S/C9H14BrN3O2S/c1-7-11-6-9(12-7)16(14,15)13-4-2-3-8(13)5-10/h6,8H,2-5H2,1H3,(H,11,12). The van der Waals surface area contributed by atoms with E-state index in [4.69, 9.17) is 0 Å². The molecule has 0 spiro atoms. The largest absolute Gasteiger partial charge is 0.332 e. The van der Waals surface area contributed by atoms with E-state index in [-0.39, 0.29) is 11.1 Å². The van der Waals surface area contributed by atoms with Crippen LogP contribution in [0.15, 0.2) is 11.2 Å². The summed E-state index contributed by atoms with van der Waals surface area (Å²) < 4.78 is 26.1. The molecule has 1 aliphatic heterocycles. The molecule has 1 aromatic heterocycles. The molecule has 1 unspecified atom stereocenters. The molecule has 0 radical (unpaired) electrons. The van der Waals surface area contributed by atoms with Crippen LogP contribution in [0.2, 0.25) is 0 Å². The molecule has 2 rings (SSSR count). The second-order valence-corrected chi connectivity index (χ2v) is 6.41. The normalized spacial score (nSPS) is 22.8. The van der Waals surface area contributed by atoms with Crippen molar-refractivity contribution in [3.8, 4) is 0 Å². The van der Waals surface area contributed by atoms with Gasteiger partial charge in [-0.15, -0.1) is 0 Å². The number of sulfonamides is 1. The van der Waals surface area contributed by atoms with Crippen LogP contribution in [0.1, 0.15) is 18.7 Å². The summed E-state index contributed by atoms with van der Waals surface area (Å²) in [6.45, 7) is 2.33. The summed E-state index contributed by atoms with van der Waals surface area (Å²) in [6, 6.07) is 0.0635. The van der Waals surface area contributed by atoms with E-state index in [9.17, 15) is 8.42 Å². The monoisotopic (exact) mass is 307 g/mol. The van der Waals surface area contributed by atoms with Crippen LogP contribution in [-0.4, -0.2) is 40.6 Å². The minimum Gasteiger partial charge on any atom is -0.332 e. The van der Waals surface area contributed by atoms with Gasteiger partial charge in [0.25, 0.3) is 10.0 Å². The molecule has 1 atom stereocenters. The first kappa shape index (κ1) is 12.1. The third-order valence-corrected chi connectivity index (χ3v) is 5.38. The number of rotatable bonds is 3. The smallest absolute Gasteiger partial charge is 0.260 e. The number of nitrogens with zero attached hydrogens (tertiary/aromatic N) is 2. The maximum Gasteiger partial charge on any atom is 0.260 e. The molecule has 0 amide bonds. The van der Waals surface area contributed by atoms with E-state index in [2.05, 4.69) is 25.9 Å². The summed E-state index contributed by atoms with van der Waals surface area (Å²) in [4.78, 5) is 6.71. The molecule has 1 aromatic rings. The topological polar surface area (TPSA) is 66.1 Å². The van der Waals surface area contributed by atoms with Crippen molar-refractivity contribution in [3.63, 3.8) is 0 Å². The van der Waals surface area contributed by atoms with Gasteiger partial charge in [-0.25, -0.2) is 13.4 Å². The Labute approximate surface area is 103 Å². The van der Waals surface area contributed by atoms with Crippen molar-refractivity contribution < 1.29 is 8.42 Å². The average molecular weight is 308 g/mol. The zero-order valence-electron chi connectivity index (χ0n) is 8.98. The molecule has 7 heteroatoms. The van der Waals surface area contributed by atoms with Crippen molar-refractivity contribution in [2.75, 3.05) is 11.9 Å². The van der Waals surface area contributed by atoms with Crippen LogP contribution in [-0.2, 0) is 10.0 Å². The third-order valence-electron chi connectivity index (χ3n) is 2.77. The van der Waals surface area contributed by atoms with Crippen LogP contribution < -0.4 is 0 Å². The summed E-state index contributed by atoms with van der Waals surface area (Å²) in [6.07, 6.45) is 3.22. The Balaban J connectivity index is 2.32. The first-order valence-corrected chi connectivity index (χ1v) is 7.71. The average Bonchev–Trinajstić information content (AvgIpc) is 2.85. The maximum atomic E-state index is 12.3. The van der Waals surface area contributed by atoms with Gasteiger partial charge in [-0.05, 0) is 19.8 Å². The van der Waals surface area contributed by atoms with Gasteiger partial charge in [0.2, 0.25) is 0 Å². The molecule has 1 fully saturated rings. The Morgan fingerprint density at radius 3 is 3.00 bits per heavy atom. The van der Waals surface area contributed by atoms with E-state index in [1.165, 1.54) is 6.20 Å². The number of aromatic amines is 1. The molecule has 2 heterocycles. The molecule has 1 saturated heterocycles. The Kier molecular flexibility index (Phi) is 3.37. The van der Waals surface area contributed by atoms with Gasteiger partial charge in [-0.1, -0.05) is 15.9 Å². The highest BCUT2D eigenvalue weighted by Crippen LogP contribution is 2.26. The van der Waals surface area contributed by atoms with E-state index in [1.54, 1.807) is 11.2 Å². The number of halogens is 1. The molecular formula is C9H14BrN3O2S. The van der Waals surface area contributed by atoms with Gasteiger partial charge in [-0.3, -0.25) is 0 Å². The van der Waals surface area contributed by atoms with Crippen LogP contribution in [0.3, 0.4) is 0 Å². The van der Waals surface area contributed by atoms with Gasteiger partial charge >= 0.3 is 0 Å². The van der Waals surface area contributed by atoms with Crippen LogP contribution in [0.4, 0.5) is 0 Å². The van der Waals surface area contributed by atoms with Crippen molar-refractivity contribution in [3.05, 3.63) is 12.0 Å². The zero-order valence-corrected chi connectivity index (χ0v) is 11.4. The van der Waals surface area contributed by atoms with Gasteiger partial charge in [-0.2, -0.15) is 4.31 Å². The van der Waals surface area contributed by atoms with E-state index < -0.39 is 10.0 Å². The number of nitrogens with one attached hydrogen (secondary N) is 1. The predicted octanol–water partition coefficient (Wildman–Crippen LogP) is 1.27. The van der Waals surface area contributed by atoms with Gasteiger partial charge in [0.05, 0.1) is 6.20 Å². The lowest BCUT2D eigenvalue weighted by Crippen LogP contribution is -2.36. The Hall–Kier alpha value is -0.400. The lowest BCUT2D eigenvalue weighted by molar-refractivity contribution is 0.412. The number of aryl methyl sites for hydroxylation is 1. The van der Waals surface area contributed by atoms with Gasteiger partial charge < -0.3 is 4.98 Å². The number of alkyl halides is 1. The van der Waals surface area contributed by atoms with Crippen LogP contribution in [0.25, 0.3) is 0 Å². The van der Waals surface area contributed by atoms with E-state index in [1.807, 2.05) is 0 Å². The Morgan fingerprint density at radius 2 is 2.44 bits per heavy atom. The lowest BCUT2D eigenvalue weighted by atomic mass is 10.3. The molecule has 0 saturated carbocycles. The second-order valence-electron chi connectivity index (χ2n) is 3.90. The molecule has 0 aliphatic carbocycles. The summed E-state index contributed by atoms with van der Waals surface area (Å²) in [5.74, 6) is 0.619. The molecule has 90 valence electrons. The van der Waals surface area contributed by atoms with Crippen molar-refractivity contribution in [1.82, 2.24) is 14.3 Å². The summed E-state index contributed by atoms with van der Waals surface area (Å²) in [5, 5.41) is 0.872. The Morgan fingerprint density at radius 1 is 1.69 bits per heavy atom. The van der Waals surface area contributed by atoms with E-state index in [0.29, 0.717) is 17.7 Å². The van der Waals surface area contributed by atoms with Crippen LogP contribution >= 0.6 is 15.9 Å². The second kappa shape index (κ2) is 4.46. The number of hydrogen-bond acceptors (Lipinski definition) is 3. The molecule has 0 bridgehead atoms. The molecule has 16 heavy (non-hydrogen) atoms. The highest BCUT2D eigenvalue weighted by Gasteiger charge is 2.35. The number of hydrogen-bond donors (Lipinski definition) is 1. The fourth-order valence-electron chi connectivity index (χ4n) is 1.94. The Bertz CT molecular complexity index is 471. The van der Waals surface area contributed by atoms with E-state index >= 15 is 0 Å².